The SMILES string of the molecule is Cc1c(F)cc(OC(F)(F)F)nc1N. The monoisotopic (exact) mass is 210 g/mol. The van der Waals surface area contributed by atoms with Crippen LogP contribution in [-0.4, -0.2) is 11.3 Å². The van der Waals surface area contributed by atoms with Crippen molar-refractivity contribution in [3.63, 3.8) is 0 Å². The molecule has 0 aliphatic carbocycles. The van der Waals surface area contributed by atoms with Gasteiger partial charge < -0.3 is 10.5 Å². The molecule has 0 fully saturated rings. The van der Waals surface area contributed by atoms with E-state index in [9.17, 15) is 17.6 Å². The number of nitrogens with two attached hydrogens (primary N) is 1. The lowest BCUT2D eigenvalue weighted by Crippen LogP contribution is -2.18. The van der Waals surface area contributed by atoms with Gasteiger partial charge in [-0.1, -0.05) is 0 Å². The summed E-state index contributed by atoms with van der Waals surface area (Å²) in [5, 5.41) is 0. The van der Waals surface area contributed by atoms with Gasteiger partial charge in [0.25, 0.3) is 0 Å². The molecule has 3 nitrogen and oxygen atoms in total. The van der Waals surface area contributed by atoms with Gasteiger partial charge in [-0.2, -0.15) is 4.98 Å². The van der Waals surface area contributed by atoms with Gasteiger partial charge in [0.15, 0.2) is 0 Å². The van der Waals surface area contributed by atoms with Crippen molar-refractivity contribution in [1.82, 2.24) is 4.98 Å². The number of nitrogens with zero attached hydrogens (tertiary/aromatic N) is 1. The lowest BCUT2D eigenvalue weighted by atomic mass is 10.3. The van der Waals surface area contributed by atoms with E-state index in [0.29, 0.717) is 6.07 Å². The number of hydrogen-bond donors (Lipinski definition) is 1. The second-order valence-electron chi connectivity index (χ2n) is 2.50. The van der Waals surface area contributed by atoms with Crippen LogP contribution >= 0.6 is 0 Å². The summed E-state index contributed by atoms with van der Waals surface area (Å²) in [5.74, 6) is -2.13. The molecule has 0 aliphatic heterocycles. The minimum atomic E-state index is -4.90. The van der Waals surface area contributed by atoms with E-state index in [2.05, 4.69) is 9.72 Å². The largest absolute Gasteiger partial charge is 0.574 e. The molecule has 0 saturated heterocycles. The van der Waals surface area contributed by atoms with Crippen LogP contribution in [0.5, 0.6) is 5.88 Å². The Morgan fingerprint density at radius 3 is 2.43 bits per heavy atom. The first kappa shape index (κ1) is 10.6. The standard InChI is InChI=1S/C7H6F4N2O/c1-3-4(8)2-5(13-6(3)12)14-7(9,10)11/h2H,1H3,(H2,12,13). The first-order valence-electron chi connectivity index (χ1n) is 3.48. The molecule has 0 unspecified atom stereocenters. The van der Waals surface area contributed by atoms with E-state index in [-0.39, 0.29) is 11.4 Å². The van der Waals surface area contributed by atoms with Gasteiger partial charge in [-0.25, -0.2) is 4.39 Å². The molecule has 2 N–H and O–H groups in total. The highest BCUT2D eigenvalue weighted by Crippen LogP contribution is 2.24. The number of anilines is 1. The molecule has 0 saturated carbocycles. The predicted octanol–water partition coefficient (Wildman–Crippen LogP) is 2.01. The molecule has 1 rings (SSSR count). The molecule has 78 valence electrons. The van der Waals surface area contributed by atoms with Crippen molar-refractivity contribution in [2.24, 2.45) is 0 Å². The van der Waals surface area contributed by atoms with E-state index in [0.717, 1.165) is 0 Å². The van der Waals surface area contributed by atoms with Crippen molar-refractivity contribution < 1.29 is 22.3 Å². The quantitative estimate of drug-likeness (QED) is 0.721. The molecular formula is C7H6F4N2O. The summed E-state index contributed by atoms with van der Waals surface area (Å²) >= 11 is 0. The third-order valence-electron chi connectivity index (χ3n) is 1.44. The van der Waals surface area contributed by atoms with Gasteiger partial charge in [0.2, 0.25) is 5.88 Å². The fourth-order valence-corrected chi connectivity index (χ4v) is 0.745. The maximum Gasteiger partial charge on any atom is 0.574 e. The van der Waals surface area contributed by atoms with Crippen LogP contribution in [0.1, 0.15) is 5.56 Å². The number of halogens is 4. The molecule has 0 atom stereocenters. The normalized spacial score (nSPS) is 11.5. The van der Waals surface area contributed by atoms with Crippen LogP contribution in [-0.2, 0) is 0 Å². The van der Waals surface area contributed by atoms with E-state index in [1.165, 1.54) is 6.92 Å². The third-order valence-corrected chi connectivity index (χ3v) is 1.44. The molecule has 1 heterocycles. The molecular weight excluding hydrogens is 204 g/mol. The van der Waals surface area contributed by atoms with Crippen molar-refractivity contribution in [2.45, 2.75) is 13.3 Å². The molecule has 0 aliphatic rings. The van der Waals surface area contributed by atoms with Crippen LogP contribution in [0.4, 0.5) is 23.4 Å². The fourth-order valence-electron chi connectivity index (χ4n) is 0.745. The van der Waals surface area contributed by atoms with E-state index in [1.807, 2.05) is 0 Å². The Morgan fingerprint density at radius 1 is 1.43 bits per heavy atom. The van der Waals surface area contributed by atoms with E-state index in [1.54, 1.807) is 0 Å². The Hall–Kier alpha value is -1.53. The maximum atomic E-state index is 12.8. The molecule has 0 radical (unpaired) electrons. The molecule has 14 heavy (non-hydrogen) atoms. The zero-order chi connectivity index (χ0) is 10.9. The van der Waals surface area contributed by atoms with Crippen LogP contribution in [0.2, 0.25) is 0 Å². The first-order valence-corrected chi connectivity index (χ1v) is 3.48. The van der Waals surface area contributed by atoms with E-state index < -0.39 is 18.1 Å². The molecule has 7 heteroatoms. The summed E-state index contributed by atoms with van der Waals surface area (Å²) < 4.78 is 51.3. The van der Waals surface area contributed by atoms with Gasteiger partial charge in [-0.05, 0) is 6.92 Å². The highest BCUT2D eigenvalue weighted by Gasteiger charge is 2.32. The lowest BCUT2D eigenvalue weighted by molar-refractivity contribution is -0.276. The molecule has 0 spiro atoms. The Bertz CT molecular complexity index is 327. The summed E-state index contributed by atoms with van der Waals surface area (Å²) in [6.45, 7) is 1.30. The number of aromatic nitrogens is 1. The number of hydrogen-bond acceptors (Lipinski definition) is 3. The van der Waals surface area contributed by atoms with E-state index in [4.69, 9.17) is 5.73 Å². The lowest BCUT2D eigenvalue weighted by Gasteiger charge is -2.09. The van der Waals surface area contributed by atoms with Crippen LogP contribution in [0.3, 0.4) is 0 Å². The molecule has 0 amide bonds. The Kier molecular flexibility index (Phi) is 2.50. The van der Waals surface area contributed by atoms with Gasteiger partial charge in [0.05, 0.1) is 0 Å². The minimum Gasteiger partial charge on any atom is -0.388 e. The van der Waals surface area contributed by atoms with Crippen LogP contribution in [0, 0.1) is 12.7 Å². The van der Waals surface area contributed by atoms with Crippen molar-refractivity contribution in [3.05, 3.63) is 17.4 Å². The van der Waals surface area contributed by atoms with Gasteiger partial charge in [-0.3, -0.25) is 0 Å². The smallest absolute Gasteiger partial charge is 0.388 e. The topological polar surface area (TPSA) is 48.1 Å². The van der Waals surface area contributed by atoms with Crippen molar-refractivity contribution in [1.29, 1.82) is 0 Å². The Balaban J connectivity index is 3.02. The number of pyridine rings is 1. The summed E-state index contributed by atoms with van der Waals surface area (Å²) in [6, 6.07) is 0.527. The second kappa shape index (κ2) is 3.32. The van der Waals surface area contributed by atoms with Gasteiger partial charge in [0, 0.05) is 11.6 Å². The Labute approximate surface area is 76.5 Å². The third kappa shape index (κ3) is 2.48. The highest BCUT2D eigenvalue weighted by molar-refractivity contribution is 5.41. The van der Waals surface area contributed by atoms with Crippen molar-refractivity contribution in [3.8, 4) is 5.88 Å². The van der Waals surface area contributed by atoms with Gasteiger partial charge in [0.1, 0.15) is 11.6 Å². The maximum absolute atomic E-state index is 12.8. The number of rotatable bonds is 1. The second-order valence-corrected chi connectivity index (χ2v) is 2.50. The fraction of sp³-hybridized carbons (Fsp3) is 0.286. The van der Waals surface area contributed by atoms with Crippen molar-refractivity contribution >= 4 is 5.82 Å². The predicted molar refractivity (Wildman–Crippen MR) is 40.0 cm³/mol. The van der Waals surface area contributed by atoms with Gasteiger partial charge in [-0.15, -0.1) is 13.2 Å². The minimum absolute atomic E-state index is 0.0143. The van der Waals surface area contributed by atoms with Crippen LogP contribution in [0.25, 0.3) is 0 Å². The molecule has 0 aromatic carbocycles. The summed E-state index contributed by atoms with van der Waals surface area (Å²) in [5.41, 5.74) is 5.13. The molecule has 1 aromatic rings. The summed E-state index contributed by atoms with van der Waals surface area (Å²) in [7, 11) is 0. The molecule has 0 bridgehead atoms. The summed E-state index contributed by atoms with van der Waals surface area (Å²) in [4.78, 5) is 3.21. The van der Waals surface area contributed by atoms with Crippen LogP contribution < -0.4 is 10.5 Å². The average Bonchev–Trinajstić information content (AvgIpc) is 1.96. The number of nitrogen functional groups attached to an aromatic ring is 1. The Morgan fingerprint density at radius 2 is 2.00 bits per heavy atom. The summed E-state index contributed by atoms with van der Waals surface area (Å²) in [6.07, 6.45) is -4.90. The average molecular weight is 210 g/mol. The molecule has 1 aromatic heterocycles. The van der Waals surface area contributed by atoms with Crippen molar-refractivity contribution in [2.75, 3.05) is 5.73 Å². The number of ether oxygens (including phenoxy) is 1. The first-order chi connectivity index (χ1) is 6.29. The van der Waals surface area contributed by atoms with Gasteiger partial charge >= 0.3 is 6.36 Å². The zero-order valence-electron chi connectivity index (χ0n) is 7.02. The number of alkyl halides is 3. The van der Waals surface area contributed by atoms with E-state index >= 15 is 0 Å². The zero-order valence-corrected chi connectivity index (χ0v) is 7.02. The van der Waals surface area contributed by atoms with Crippen LogP contribution in [0.15, 0.2) is 6.07 Å². The highest BCUT2D eigenvalue weighted by atomic mass is 19.4.